The van der Waals surface area contributed by atoms with Crippen molar-refractivity contribution in [1.82, 2.24) is 9.88 Å². The average molecular weight is 365 g/mol. The molecule has 134 valence electrons. The summed E-state index contributed by atoms with van der Waals surface area (Å²) < 4.78 is 0. The number of para-hydroxylation sites is 1. The number of nitrogens with zero attached hydrogens (tertiary/aromatic N) is 2. The van der Waals surface area contributed by atoms with Gasteiger partial charge in [0.25, 0.3) is 0 Å². The minimum Gasteiger partial charge on any atom is -0.343 e. The smallest absolute Gasteiger partial charge is 0.223 e. The van der Waals surface area contributed by atoms with Gasteiger partial charge >= 0.3 is 0 Å². The third-order valence-corrected chi connectivity index (χ3v) is 5.49. The number of aromatic nitrogens is 1. The highest BCUT2D eigenvalue weighted by atomic mass is 32.2. The van der Waals surface area contributed by atoms with Gasteiger partial charge in [-0.1, -0.05) is 48.5 Å². The van der Waals surface area contributed by atoms with Gasteiger partial charge in [-0.15, -0.1) is 11.8 Å². The molecule has 0 aliphatic carbocycles. The van der Waals surface area contributed by atoms with Gasteiger partial charge in [-0.25, -0.2) is 4.98 Å². The van der Waals surface area contributed by atoms with Gasteiger partial charge in [0, 0.05) is 41.1 Å². The lowest BCUT2D eigenvalue weighted by molar-refractivity contribution is -0.130. The SMILES string of the molecule is CCN(CC)C(=O)CCSc1cc(-c2ccccc2)nc2ccccc12. The third-order valence-electron chi connectivity index (χ3n) is 4.44. The van der Waals surface area contributed by atoms with Crippen LogP contribution in [0.5, 0.6) is 0 Å². The van der Waals surface area contributed by atoms with E-state index >= 15 is 0 Å². The van der Waals surface area contributed by atoms with Gasteiger partial charge in [0.1, 0.15) is 0 Å². The molecule has 0 radical (unpaired) electrons. The largest absolute Gasteiger partial charge is 0.343 e. The fourth-order valence-corrected chi connectivity index (χ4v) is 4.02. The molecule has 0 bridgehead atoms. The second-order valence-electron chi connectivity index (χ2n) is 6.05. The summed E-state index contributed by atoms with van der Waals surface area (Å²) in [5.41, 5.74) is 3.08. The number of benzene rings is 2. The van der Waals surface area contributed by atoms with Crippen LogP contribution in [0, 0.1) is 0 Å². The zero-order valence-corrected chi connectivity index (χ0v) is 16.1. The molecule has 0 atom stereocenters. The fraction of sp³-hybridized carbons (Fsp3) is 0.273. The molecule has 3 nitrogen and oxygen atoms in total. The van der Waals surface area contributed by atoms with E-state index in [1.54, 1.807) is 11.8 Å². The Morgan fingerprint density at radius 2 is 1.69 bits per heavy atom. The number of fused-ring (bicyclic) bond motifs is 1. The Hall–Kier alpha value is -2.33. The van der Waals surface area contributed by atoms with Crippen LogP contribution in [0.2, 0.25) is 0 Å². The number of pyridine rings is 1. The molecule has 0 N–H and O–H groups in total. The molecule has 0 saturated carbocycles. The maximum Gasteiger partial charge on any atom is 0.223 e. The number of amides is 1. The van der Waals surface area contributed by atoms with E-state index in [4.69, 9.17) is 4.98 Å². The molecule has 0 unspecified atom stereocenters. The Kier molecular flexibility index (Phi) is 6.29. The van der Waals surface area contributed by atoms with E-state index < -0.39 is 0 Å². The summed E-state index contributed by atoms with van der Waals surface area (Å²) in [7, 11) is 0. The first-order chi connectivity index (χ1) is 12.7. The highest BCUT2D eigenvalue weighted by molar-refractivity contribution is 7.99. The molecule has 0 aliphatic rings. The van der Waals surface area contributed by atoms with Gasteiger partial charge in [0.15, 0.2) is 0 Å². The molecule has 0 aliphatic heterocycles. The molecule has 1 amide bonds. The Morgan fingerprint density at radius 3 is 2.42 bits per heavy atom. The molecule has 0 fully saturated rings. The van der Waals surface area contributed by atoms with Gasteiger partial charge in [-0.05, 0) is 26.0 Å². The lowest BCUT2D eigenvalue weighted by Gasteiger charge is -2.18. The molecule has 0 saturated heterocycles. The van der Waals surface area contributed by atoms with Gasteiger partial charge in [0.05, 0.1) is 11.2 Å². The summed E-state index contributed by atoms with van der Waals surface area (Å²) in [5, 5.41) is 1.15. The minimum atomic E-state index is 0.226. The molecule has 3 rings (SSSR count). The van der Waals surface area contributed by atoms with Crippen molar-refractivity contribution in [3.8, 4) is 11.3 Å². The molecule has 2 aromatic carbocycles. The highest BCUT2D eigenvalue weighted by Gasteiger charge is 2.11. The zero-order chi connectivity index (χ0) is 18.4. The molecule has 4 heteroatoms. The summed E-state index contributed by atoms with van der Waals surface area (Å²) in [4.78, 5) is 20.1. The van der Waals surface area contributed by atoms with E-state index in [1.165, 1.54) is 4.90 Å². The van der Waals surface area contributed by atoms with Crippen LogP contribution in [0.15, 0.2) is 65.6 Å². The molecule has 1 heterocycles. The van der Waals surface area contributed by atoms with Crippen LogP contribution in [-0.4, -0.2) is 34.6 Å². The standard InChI is InChI=1S/C22H24N2OS/c1-3-24(4-2)22(25)14-15-26-21-16-20(17-10-6-5-7-11-17)23-19-13-9-8-12-18(19)21/h5-13,16H,3-4,14-15H2,1-2H3. The highest BCUT2D eigenvalue weighted by Crippen LogP contribution is 2.31. The third kappa shape index (κ3) is 4.25. The Balaban J connectivity index is 1.84. The van der Waals surface area contributed by atoms with Crippen LogP contribution in [0.3, 0.4) is 0 Å². The van der Waals surface area contributed by atoms with Gasteiger partial charge in [-0.3, -0.25) is 4.79 Å². The summed E-state index contributed by atoms with van der Waals surface area (Å²) in [6.07, 6.45) is 0.559. The van der Waals surface area contributed by atoms with Crippen molar-refractivity contribution < 1.29 is 4.79 Å². The lowest BCUT2D eigenvalue weighted by atomic mass is 10.1. The van der Waals surface area contributed by atoms with Crippen LogP contribution in [-0.2, 0) is 4.79 Å². The van der Waals surface area contributed by atoms with Crippen molar-refractivity contribution in [2.75, 3.05) is 18.8 Å². The molecule has 0 spiro atoms. The predicted molar refractivity (Wildman–Crippen MR) is 110 cm³/mol. The predicted octanol–water partition coefficient (Wildman–Crippen LogP) is 5.25. The van der Waals surface area contributed by atoms with Crippen molar-refractivity contribution >= 4 is 28.6 Å². The van der Waals surface area contributed by atoms with Crippen molar-refractivity contribution in [2.45, 2.75) is 25.2 Å². The lowest BCUT2D eigenvalue weighted by Crippen LogP contribution is -2.30. The van der Waals surface area contributed by atoms with Gasteiger partial charge < -0.3 is 4.90 Å². The van der Waals surface area contributed by atoms with Crippen LogP contribution < -0.4 is 0 Å². The maximum absolute atomic E-state index is 12.2. The number of hydrogen-bond acceptors (Lipinski definition) is 3. The Bertz CT molecular complexity index is 876. The summed E-state index contributed by atoms with van der Waals surface area (Å²) in [5.74, 6) is 1.00. The quantitative estimate of drug-likeness (QED) is 0.537. The number of carbonyl (C=O) groups excluding carboxylic acids is 1. The second kappa shape index (κ2) is 8.86. The Labute approximate surface area is 159 Å². The van der Waals surface area contributed by atoms with Crippen molar-refractivity contribution in [3.63, 3.8) is 0 Å². The second-order valence-corrected chi connectivity index (χ2v) is 7.19. The van der Waals surface area contributed by atoms with E-state index in [-0.39, 0.29) is 5.91 Å². The minimum absolute atomic E-state index is 0.226. The first-order valence-electron chi connectivity index (χ1n) is 9.08. The zero-order valence-electron chi connectivity index (χ0n) is 15.3. The number of thioether (sulfide) groups is 1. The van der Waals surface area contributed by atoms with Gasteiger partial charge in [0.2, 0.25) is 5.91 Å². The Morgan fingerprint density at radius 1 is 1.00 bits per heavy atom. The number of carbonyl (C=O) groups is 1. The van der Waals surface area contributed by atoms with Crippen LogP contribution in [0.4, 0.5) is 0 Å². The van der Waals surface area contributed by atoms with Gasteiger partial charge in [-0.2, -0.15) is 0 Å². The molecule has 26 heavy (non-hydrogen) atoms. The summed E-state index contributed by atoms with van der Waals surface area (Å²) in [6, 6.07) is 20.6. The molecule has 3 aromatic rings. The van der Waals surface area contributed by atoms with Crippen molar-refractivity contribution in [3.05, 3.63) is 60.7 Å². The first-order valence-corrected chi connectivity index (χ1v) is 10.1. The van der Waals surface area contributed by atoms with Crippen LogP contribution in [0.1, 0.15) is 20.3 Å². The number of hydrogen-bond donors (Lipinski definition) is 0. The molecule has 1 aromatic heterocycles. The normalized spacial score (nSPS) is 10.8. The summed E-state index contributed by atoms with van der Waals surface area (Å²) in [6.45, 7) is 5.60. The average Bonchev–Trinajstić information content (AvgIpc) is 2.69. The maximum atomic E-state index is 12.2. The molecular weight excluding hydrogens is 340 g/mol. The van der Waals surface area contributed by atoms with E-state index in [0.29, 0.717) is 6.42 Å². The van der Waals surface area contributed by atoms with Crippen molar-refractivity contribution in [2.24, 2.45) is 0 Å². The van der Waals surface area contributed by atoms with Crippen LogP contribution in [0.25, 0.3) is 22.2 Å². The van der Waals surface area contributed by atoms with Crippen molar-refractivity contribution in [1.29, 1.82) is 0 Å². The number of rotatable bonds is 7. The monoisotopic (exact) mass is 364 g/mol. The topological polar surface area (TPSA) is 33.2 Å². The van der Waals surface area contributed by atoms with E-state index in [0.717, 1.165) is 41.0 Å². The first kappa shape index (κ1) is 18.5. The van der Waals surface area contributed by atoms with Crippen LogP contribution >= 0.6 is 11.8 Å². The van der Waals surface area contributed by atoms with E-state index in [9.17, 15) is 4.79 Å². The van der Waals surface area contributed by atoms with E-state index in [1.807, 2.05) is 55.1 Å². The molecular formula is C22H24N2OS. The summed E-state index contributed by atoms with van der Waals surface area (Å²) >= 11 is 1.74. The fourth-order valence-electron chi connectivity index (χ4n) is 3.00. The van der Waals surface area contributed by atoms with E-state index in [2.05, 4.69) is 24.3 Å².